The van der Waals surface area contributed by atoms with Crippen molar-refractivity contribution in [2.75, 3.05) is 0 Å². The van der Waals surface area contributed by atoms with Crippen LogP contribution in [-0.2, 0) is 63.1 Å². The molecule has 0 aromatic rings. The van der Waals surface area contributed by atoms with Gasteiger partial charge in [0.2, 0.25) is 0 Å². The van der Waals surface area contributed by atoms with Crippen LogP contribution >= 0.6 is 0 Å². The summed E-state index contributed by atoms with van der Waals surface area (Å²) in [5.41, 5.74) is -16.9. The van der Waals surface area contributed by atoms with Gasteiger partial charge in [0, 0.05) is 0 Å². The Balaban J connectivity index is -0.000000130. The molecule has 0 saturated heterocycles. The zero-order chi connectivity index (χ0) is 21.0. The van der Waals surface area contributed by atoms with E-state index in [4.69, 9.17) is 38.9 Å². The quantitative estimate of drug-likeness (QED) is 0.238. The van der Waals surface area contributed by atoms with E-state index in [1.807, 2.05) is 0 Å². The largest absolute Gasteiger partial charge is 3.00 e. The average Bonchev–Trinajstić information content (AvgIpc) is 2.08. The van der Waals surface area contributed by atoms with Gasteiger partial charge in [-0.15, -0.1) is 0 Å². The minimum Gasteiger partial charge on any atom is -0.741 e. The molecule has 0 amide bonds. The van der Waals surface area contributed by atoms with E-state index >= 15 is 0 Å². The molecule has 0 aromatic carbocycles. The molecule has 0 radical (unpaired) electrons. The van der Waals surface area contributed by atoms with Crippen molar-refractivity contribution in [2.45, 2.75) is 16.5 Å². The maximum atomic E-state index is 10.7. The van der Waals surface area contributed by atoms with Gasteiger partial charge in [-0.1, -0.05) is 0 Å². The van der Waals surface area contributed by atoms with Crippen molar-refractivity contribution in [3.63, 3.8) is 0 Å². The molecule has 0 aliphatic rings. The van der Waals surface area contributed by atoms with Gasteiger partial charge in [-0.3, -0.25) is 0 Å². The Morgan fingerprint density at radius 2 is 0.480 bits per heavy atom. The van der Waals surface area contributed by atoms with Crippen LogP contribution in [0.3, 0.4) is 0 Å². The first-order chi connectivity index (χ1) is 9.75. The van der Waals surface area contributed by atoms with Crippen molar-refractivity contribution in [3.8, 4) is 0 Å². The van der Waals surface area contributed by atoms with Crippen molar-refractivity contribution >= 4 is 30.4 Å². The molecule has 0 bridgehead atoms. The van der Waals surface area contributed by atoms with Crippen LogP contribution in [0.4, 0.5) is 39.5 Å². The van der Waals surface area contributed by atoms with E-state index in [1.165, 1.54) is 0 Å². The molecule has 0 atom stereocenters. The molecule has 0 aromatic heterocycles. The summed E-state index contributed by atoms with van der Waals surface area (Å²) in [5.74, 6) is 0. The SMILES string of the molecule is O=S(=O)([O-])C(F)(F)F.O=S(=O)([O-])C(F)(F)F.O=S(=O)([O-])C(F)(F)F.[Y+3]. The van der Waals surface area contributed by atoms with Gasteiger partial charge in [-0.05, 0) is 0 Å². The molecule has 0 fully saturated rings. The van der Waals surface area contributed by atoms with Crippen molar-refractivity contribution in [2.24, 2.45) is 0 Å². The maximum Gasteiger partial charge on any atom is 3.00 e. The van der Waals surface area contributed by atoms with Crippen molar-refractivity contribution in [1.82, 2.24) is 0 Å². The fourth-order valence-electron chi connectivity index (χ4n) is 0. The van der Waals surface area contributed by atoms with Crippen LogP contribution in [0.15, 0.2) is 0 Å². The van der Waals surface area contributed by atoms with E-state index in [2.05, 4.69) is 0 Å². The number of hydrogen-bond acceptors (Lipinski definition) is 9. The first-order valence-corrected chi connectivity index (χ1v) is 8.04. The normalized spacial score (nSPS) is 13.4. The van der Waals surface area contributed by atoms with Crippen molar-refractivity contribution < 1.29 is 111 Å². The zero-order valence-corrected chi connectivity index (χ0v) is 15.7. The van der Waals surface area contributed by atoms with E-state index < -0.39 is 46.9 Å². The van der Waals surface area contributed by atoms with Crippen LogP contribution in [0.2, 0.25) is 0 Å². The van der Waals surface area contributed by atoms with E-state index in [0.29, 0.717) is 0 Å². The van der Waals surface area contributed by atoms with Crippen LogP contribution < -0.4 is 0 Å². The fourth-order valence-corrected chi connectivity index (χ4v) is 0. The molecule has 0 saturated carbocycles. The molecule has 0 heterocycles. The summed E-state index contributed by atoms with van der Waals surface area (Å²) in [5, 5.41) is 0. The molecular weight excluding hydrogens is 536 g/mol. The third kappa shape index (κ3) is 16.1. The summed E-state index contributed by atoms with van der Waals surface area (Å²) < 4.78 is 177. The van der Waals surface area contributed by atoms with Crippen LogP contribution in [0.25, 0.3) is 0 Å². The van der Waals surface area contributed by atoms with Crippen LogP contribution in [-0.4, -0.2) is 55.4 Å². The van der Waals surface area contributed by atoms with E-state index in [1.54, 1.807) is 0 Å². The molecule has 150 valence electrons. The fraction of sp³-hybridized carbons (Fsp3) is 1.00. The van der Waals surface area contributed by atoms with Gasteiger partial charge in [0.15, 0.2) is 30.4 Å². The van der Waals surface area contributed by atoms with Gasteiger partial charge < -0.3 is 13.7 Å². The number of halogens is 9. The Morgan fingerprint density at radius 1 is 0.440 bits per heavy atom. The first-order valence-electron chi connectivity index (χ1n) is 3.81. The molecule has 0 spiro atoms. The van der Waals surface area contributed by atoms with Gasteiger partial charge in [-0.2, -0.15) is 39.5 Å². The van der Waals surface area contributed by atoms with Crippen LogP contribution in [0, 0.1) is 0 Å². The molecule has 9 nitrogen and oxygen atoms in total. The Hall–Kier alpha value is 0.204. The first kappa shape index (κ1) is 32.8. The van der Waals surface area contributed by atoms with E-state index in [0.717, 1.165) is 0 Å². The summed E-state index contributed by atoms with van der Waals surface area (Å²) in [6.07, 6.45) is 0. The van der Waals surface area contributed by atoms with Gasteiger partial charge in [0.05, 0.1) is 0 Å². The second kappa shape index (κ2) is 9.94. The molecule has 0 aliphatic carbocycles. The summed E-state index contributed by atoms with van der Waals surface area (Å²) >= 11 is 0. The summed E-state index contributed by atoms with van der Waals surface area (Å²) in [6.45, 7) is 0. The van der Waals surface area contributed by atoms with Crippen molar-refractivity contribution in [3.05, 3.63) is 0 Å². The smallest absolute Gasteiger partial charge is 0.741 e. The van der Waals surface area contributed by atoms with Crippen LogP contribution in [0.1, 0.15) is 0 Å². The van der Waals surface area contributed by atoms with Gasteiger partial charge in [-0.25, -0.2) is 25.3 Å². The Labute approximate surface area is 157 Å². The molecule has 0 aliphatic heterocycles. The number of alkyl halides is 9. The summed E-state index contributed by atoms with van der Waals surface area (Å²) in [7, 11) is -18.3. The number of rotatable bonds is 0. The molecule has 0 N–H and O–H groups in total. The molecule has 0 unspecified atom stereocenters. The topological polar surface area (TPSA) is 172 Å². The molecule has 0 rings (SSSR count). The molecule has 22 heteroatoms. The Kier molecular flexibility index (Phi) is 13.1. The third-order valence-corrected chi connectivity index (χ3v) is 2.55. The van der Waals surface area contributed by atoms with Crippen molar-refractivity contribution in [1.29, 1.82) is 0 Å². The summed E-state index contributed by atoms with van der Waals surface area (Å²) in [6, 6.07) is 0. The average molecular weight is 536 g/mol. The van der Waals surface area contributed by atoms with E-state index in [9.17, 15) is 39.5 Å². The molecular formula is C3F9O9S3Y. The van der Waals surface area contributed by atoms with Gasteiger partial charge in [0.1, 0.15) is 0 Å². The monoisotopic (exact) mass is 536 g/mol. The third-order valence-electron chi connectivity index (χ3n) is 0.850. The minimum absolute atomic E-state index is 0. The maximum absolute atomic E-state index is 10.7. The Bertz CT molecular complexity index is 596. The zero-order valence-electron chi connectivity index (χ0n) is 10.4. The van der Waals surface area contributed by atoms with E-state index in [-0.39, 0.29) is 32.7 Å². The van der Waals surface area contributed by atoms with Gasteiger partial charge in [0.25, 0.3) is 0 Å². The summed E-state index contributed by atoms with van der Waals surface area (Å²) in [4.78, 5) is 0. The van der Waals surface area contributed by atoms with Gasteiger partial charge >= 0.3 is 49.2 Å². The minimum atomic E-state index is -6.09. The second-order valence-electron chi connectivity index (χ2n) is 2.70. The number of hydrogen-bond donors (Lipinski definition) is 0. The predicted molar refractivity (Wildman–Crippen MR) is 47.3 cm³/mol. The predicted octanol–water partition coefficient (Wildman–Crippen LogP) is 0.152. The standard InChI is InChI=1S/3CHF3O3S.Y/c3*2-1(3,4)8(5,6)7;/h3*(H,5,6,7);/q;;;+3/p-3. The Morgan fingerprint density at radius 3 is 0.480 bits per heavy atom. The van der Waals surface area contributed by atoms with Crippen LogP contribution in [0.5, 0.6) is 0 Å². The second-order valence-corrected chi connectivity index (χ2v) is 6.81. The molecule has 25 heavy (non-hydrogen) atoms.